The molecule has 3 aromatic rings. The van der Waals surface area contributed by atoms with Crippen molar-refractivity contribution >= 4 is 10.9 Å². The fourth-order valence-corrected chi connectivity index (χ4v) is 1.23. The number of rotatable bonds is 0. The van der Waals surface area contributed by atoms with E-state index in [4.69, 9.17) is 5.21 Å². The zero-order valence-corrected chi connectivity index (χ0v) is 8.41. The minimum absolute atomic E-state index is 0. The zero-order chi connectivity index (χ0) is 10.5. The first-order valence-electron chi connectivity index (χ1n) is 4.43. The second-order valence-electron chi connectivity index (χ2n) is 2.88. The normalized spacial score (nSPS) is 9.00. The number of nitrogens with zero attached hydrogens (tertiary/aromatic N) is 3. The van der Waals surface area contributed by atoms with Crippen LogP contribution in [0.5, 0.6) is 0 Å². The van der Waals surface area contributed by atoms with E-state index in [1.165, 1.54) is 0 Å². The summed E-state index contributed by atoms with van der Waals surface area (Å²) in [5.74, 6) is 0. The fourth-order valence-electron chi connectivity index (χ4n) is 1.23. The lowest BCUT2D eigenvalue weighted by molar-refractivity contribution is 0.200. The molecule has 0 radical (unpaired) electrons. The molecule has 6 nitrogen and oxygen atoms in total. The van der Waals surface area contributed by atoms with Crippen molar-refractivity contribution in [1.29, 1.82) is 0 Å². The SMILES string of the molecule is O.On1ccc2ccccc21.c1cn[nH]n1. The van der Waals surface area contributed by atoms with Crippen LogP contribution in [0.25, 0.3) is 10.9 Å². The van der Waals surface area contributed by atoms with Crippen molar-refractivity contribution < 1.29 is 10.7 Å². The van der Waals surface area contributed by atoms with Gasteiger partial charge in [-0.15, -0.1) is 0 Å². The predicted molar refractivity (Wildman–Crippen MR) is 59.1 cm³/mol. The Balaban J connectivity index is 0.000000183. The molecule has 2 aromatic heterocycles. The number of benzene rings is 1. The Labute approximate surface area is 91.4 Å². The Morgan fingerprint density at radius 2 is 1.75 bits per heavy atom. The monoisotopic (exact) mass is 220 g/mol. The number of H-pyrrole nitrogens is 1. The van der Waals surface area contributed by atoms with Gasteiger partial charge in [0, 0.05) is 11.6 Å². The molecular formula is C10H12N4O2. The molecule has 6 heteroatoms. The highest BCUT2D eigenvalue weighted by atomic mass is 16.5. The number of nitrogens with one attached hydrogen (secondary N) is 1. The van der Waals surface area contributed by atoms with Crippen molar-refractivity contribution in [3.63, 3.8) is 0 Å². The maximum Gasteiger partial charge on any atom is 0.0865 e. The van der Waals surface area contributed by atoms with Gasteiger partial charge < -0.3 is 10.7 Å². The quantitative estimate of drug-likeness (QED) is 0.549. The van der Waals surface area contributed by atoms with E-state index >= 15 is 0 Å². The summed E-state index contributed by atoms with van der Waals surface area (Å²) in [4.78, 5) is 0. The highest BCUT2D eigenvalue weighted by molar-refractivity contribution is 5.79. The maximum atomic E-state index is 9.13. The standard InChI is InChI=1S/C8H7NO.C2H3N3.H2O/c10-9-6-5-7-3-1-2-4-8(7)9;1-2-4-5-3-1;/h1-6,10H;1-2H,(H,3,4,5);1H2. The number of hydrogen-bond acceptors (Lipinski definition) is 3. The van der Waals surface area contributed by atoms with E-state index in [9.17, 15) is 0 Å². The summed E-state index contributed by atoms with van der Waals surface area (Å²) >= 11 is 0. The average molecular weight is 220 g/mol. The smallest absolute Gasteiger partial charge is 0.0865 e. The molecule has 0 spiro atoms. The molecule has 0 aliphatic carbocycles. The lowest BCUT2D eigenvalue weighted by Gasteiger charge is -1.91. The Morgan fingerprint density at radius 1 is 1.06 bits per heavy atom. The van der Waals surface area contributed by atoms with Gasteiger partial charge in [-0.25, -0.2) is 0 Å². The number of aromatic amines is 1. The molecule has 0 unspecified atom stereocenters. The van der Waals surface area contributed by atoms with Crippen LogP contribution in [0, 0.1) is 0 Å². The van der Waals surface area contributed by atoms with Gasteiger partial charge in [-0.3, -0.25) is 0 Å². The number of aromatic nitrogens is 4. The molecule has 4 N–H and O–H groups in total. The Kier molecular flexibility index (Phi) is 4.05. The molecule has 0 bridgehead atoms. The number of para-hydroxylation sites is 1. The van der Waals surface area contributed by atoms with Crippen molar-refractivity contribution in [2.75, 3.05) is 0 Å². The van der Waals surface area contributed by atoms with Crippen LogP contribution in [-0.2, 0) is 0 Å². The maximum absolute atomic E-state index is 9.13. The molecule has 0 fully saturated rings. The van der Waals surface area contributed by atoms with Crippen LogP contribution in [-0.4, -0.2) is 30.8 Å². The van der Waals surface area contributed by atoms with Gasteiger partial charge in [0.2, 0.25) is 0 Å². The molecule has 0 aliphatic heterocycles. The molecule has 0 saturated heterocycles. The first-order valence-corrected chi connectivity index (χ1v) is 4.43. The minimum Gasteiger partial charge on any atom is -0.428 e. The van der Waals surface area contributed by atoms with Crippen molar-refractivity contribution in [2.24, 2.45) is 0 Å². The van der Waals surface area contributed by atoms with Crippen LogP contribution in [0.4, 0.5) is 0 Å². The molecule has 16 heavy (non-hydrogen) atoms. The van der Waals surface area contributed by atoms with Crippen LogP contribution in [0.1, 0.15) is 0 Å². The van der Waals surface area contributed by atoms with E-state index in [0.717, 1.165) is 15.6 Å². The van der Waals surface area contributed by atoms with Crippen LogP contribution >= 0.6 is 0 Å². The Bertz CT molecular complexity index is 501. The molecule has 0 aliphatic rings. The van der Waals surface area contributed by atoms with Crippen molar-refractivity contribution in [2.45, 2.75) is 0 Å². The Hall–Kier alpha value is -2.34. The van der Waals surface area contributed by atoms with Gasteiger partial charge in [0.05, 0.1) is 17.9 Å². The largest absolute Gasteiger partial charge is 0.428 e. The zero-order valence-electron chi connectivity index (χ0n) is 8.41. The second kappa shape index (κ2) is 5.52. The van der Waals surface area contributed by atoms with Crippen LogP contribution in [0.15, 0.2) is 48.9 Å². The third-order valence-electron chi connectivity index (χ3n) is 1.91. The fraction of sp³-hybridized carbons (Fsp3) is 0. The van der Waals surface area contributed by atoms with Gasteiger partial charge in [0.1, 0.15) is 0 Å². The summed E-state index contributed by atoms with van der Waals surface area (Å²) in [7, 11) is 0. The van der Waals surface area contributed by atoms with E-state index in [1.807, 2.05) is 30.3 Å². The molecule has 0 amide bonds. The summed E-state index contributed by atoms with van der Waals surface area (Å²) < 4.78 is 1.12. The molecule has 0 atom stereocenters. The number of hydrogen-bond donors (Lipinski definition) is 2. The highest BCUT2D eigenvalue weighted by Gasteiger charge is 1.94. The third kappa shape index (κ3) is 2.58. The van der Waals surface area contributed by atoms with Gasteiger partial charge in [0.25, 0.3) is 0 Å². The van der Waals surface area contributed by atoms with E-state index in [-0.39, 0.29) is 5.48 Å². The van der Waals surface area contributed by atoms with Gasteiger partial charge in [-0.05, 0) is 12.1 Å². The molecular weight excluding hydrogens is 208 g/mol. The summed E-state index contributed by atoms with van der Waals surface area (Å²) in [5.41, 5.74) is 0.850. The molecule has 84 valence electrons. The molecule has 1 aromatic carbocycles. The average Bonchev–Trinajstić information content (AvgIpc) is 2.92. The number of fused-ring (bicyclic) bond motifs is 1. The van der Waals surface area contributed by atoms with E-state index in [0.29, 0.717) is 0 Å². The summed E-state index contributed by atoms with van der Waals surface area (Å²) in [6, 6.07) is 9.55. The minimum atomic E-state index is 0. The first-order chi connectivity index (χ1) is 7.38. The van der Waals surface area contributed by atoms with Gasteiger partial charge in [-0.1, -0.05) is 18.2 Å². The summed E-state index contributed by atoms with van der Waals surface area (Å²) in [6.45, 7) is 0. The van der Waals surface area contributed by atoms with Gasteiger partial charge >= 0.3 is 0 Å². The van der Waals surface area contributed by atoms with E-state index < -0.39 is 0 Å². The van der Waals surface area contributed by atoms with Crippen LogP contribution < -0.4 is 0 Å². The van der Waals surface area contributed by atoms with Crippen molar-refractivity contribution in [3.8, 4) is 0 Å². The lowest BCUT2D eigenvalue weighted by atomic mass is 10.3. The topological polar surface area (TPSA) is 98.2 Å². The summed E-state index contributed by atoms with van der Waals surface area (Å²) in [5, 5.41) is 19.5. The van der Waals surface area contributed by atoms with E-state index in [2.05, 4.69) is 15.4 Å². The first kappa shape index (κ1) is 11.7. The lowest BCUT2D eigenvalue weighted by Crippen LogP contribution is -1.83. The van der Waals surface area contributed by atoms with Crippen molar-refractivity contribution in [1.82, 2.24) is 20.1 Å². The van der Waals surface area contributed by atoms with Crippen LogP contribution in [0.2, 0.25) is 0 Å². The Morgan fingerprint density at radius 3 is 2.31 bits per heavy atom. The highest BCUT2D eigenvalue weighted by Crippen LogP contribution is 2.12. The molecule has 0 saturated carbocycles. The van der Waals surface area contributed by atoms with Crippen LogP contribution in [0.3, 0.4) is 0 Å². The second-order valence-corrected chi connectivity index (χ2v) is 2.88. The van der Waals surface area contributed by atoms with Crippen molar-refractivity contribution in [3.05, 3.63) is 48.9 Å². The van der Waals surface area contributed by atoms with Gasteiger partial charge in [0.15, 0.2) is 0 Å². The predicted octanol–water partition coefficient (Wildman–Crippen LogP) is 0.859. The third-order valence-corrected chi connectivity index (χ3v) is 1.91. The van der Waals surface area contributed by atoms with E-state index in [1.54, 1.807) is 18.6 Å². The summed E-state index contributed by atoms with van der Waals surface area (Å²) in [6.07, 6.45) is 4.80. The molecule has 2 heterocycles. The van der Waals surface area contributed by atoms with Gasteiger partial charge in [-0.2, -0.15) is 20.1 Å². The molecule has 3 rings (SSSR count).